The van der Waals surface area contributed by atoms with Crippen molar-refractivity contribution in [1.82, 2.24) is 14.8 Å². The number of rotatable bonds is 8. The molecular formula is C27H29F2N3O4. The van der Waals surface area contributed by atoms with Crippen LogP contribution < -0.4 is 0 Å². The zero-order chi connectivity index (χ0) is 25.7. The monoisotopic (exact) mass is 497 g/mol. The van der Waals surface area contributed by atoms with Crippen molar-refractivity contribution < 1.29 is 27.5 Å². The number of likely N-dealkylation sites (N-methyl/N-ethyl adjacent to an activating group) is 1. The number of pyridine rings is 1. The largest absolute Gasteiger partial charge is 0.453 e. The van der Waals surface area contributed by atoms with Crippen LogP contribution >= 0.6 is 0 Å². The van der Waals surface area contributed by atoms with Gasteiger partial charge in [-0.25, -0.2) is 8.78 Å². The molecule has 1 fully saturated rings. The topological polar surface area (TPSA) is 75.9 Å². The van der Waals surface area contributed by atoms with Crippen molar-refractivity contribution in [2.24, 2.45) is 5.92 Å². The van der Waals surface area contributed by atoms with Gasteiger partial charge in [0.1, 0.15) is 24.0 Å². The number of piperidine rings is 1. The number of hydrogen-bond acceptors (Lipinski definition) is 5. The fourth-order valence-electron chi connectivity index (χ4n) is 4.73. The Morgan fingerprint density at radius 2 is 1.97 bits per heavy atom. The van der Waals surface area contributed by atoms with Gasteiger partial charge in [0.25, 0.3) is 11.8 Å². The van der Waals surface area contributed by atoms with Crippen LogP contribution in [0.15, 0.2) is 59.3 Å². The molecule has 2 aromatic heterocycles. The number of carbonyl (C=O) groups excluding carboxylic acids is 2. The Morgan fingerprint density at radius 3 is 2.64 bits per heavy atom. The van der Waals surface area contributed by atoms with Crippen molar-refractivity contribution in [3.8, 4) is 0 Å². The van der Waals surface area contributed by atoms with Gasteiger partial charge in [-0.2, -0.15) is 0 Å². The van der Waals surface area contributed by atoms with Crippen molar-refractivity contribution in [2.45, 2.75) is 31.9 Å². The van der Waals surface area contributed by atoms with Crippen LogP contribution in [0.2, 0.25) is 0 Å². The molecule has 0 spiro atoms. The Labute approximate surface area is 208 Å². The third-order valence-electron chi connectivity index (χ3n) is 6.70. The van der Waals surface area contributed by atoms with E-state index < -0.39 is 11.6 Å². The van der Waals surface area contributed by atoms with E-state index in [0.717, 1.165) is 6.07 Å². The maximum atomic E-state index is 14.6. The van der Waals surface area contributed by atoms with Gasteiger partial charge < -0.3 is 19.0 Å². The number of halogens is 2. The van der Waals surface area contributed by atoms with Crippen molar-refractivity contribution in [3.05, 3.63) is 89.1 Å². The number of benzene rings is 1. The molecule has 7 nitrogen and oxygen atoms in total. The van der Waals surface area contributed by atoms with E-state index in [1.165, 1.54) is 18.3 Å². The number of furan rings is 1. The first-order valence-corrected chi connectivity index (χ1v) is 11.9. The molecule has 0 N–H and O–H groups in total. The Morgan fingerprint density at radius 1 is 1.19 bits per heavy atom. The predicted molar refractivity (Wildman–Crippen MR) is 128 cm³/mol. The molecule has 190 valence electrons. The molecule has 1 aromatic carbocycles. The van der Waals surface area contributed by atoms with Crippen LogP contribution in [0, 0.1) is 17.6 Å². The summed E-state index contributed by atoms with van der Waals surface area (Å²) in [4.78, 5) is 33.5. The molecule has 1 saturated heterocycles. The average Bonchev–Trinajstić information content (AvgIpc) is 3.36. The first-order valence-electron chi connectivity index (χ1n) is 11.9. The summed E-state index contributed by atoms with van der Waals surface area (Å²) in [6, 6.07) is 9.88. The zero-order valence-corrected chi connectivity index (χ0v) is 20.3. The van der Waals surface area contributed by atoms with Gasteiger partial charge in [0.2, 0.25) is 0 Å². The highest BCUT2D eigenvalue weighted by atomic mass is 19.1. The Kier molecular flexibility index (Phi) is 8.10. The maximum Gasteiger partial charge on any atom is 0.289 e. The number of methoxy groups -OCH3 is 1. The summed E-state index contributed by atoms with van der Waals surface area (Å²) < 4.78 is 38.7. The van der Waals surface area contributed by atoms with E-state index in [9.17, 15) is 18.4 Å². The molecule has 0 saturated carbocycles. The molecule has 2 amide bonds. The second kappa shape index (κ2) is 11.4. The maximum absolute atomic E-state index is 14.6. The van der Waals surface area contributed by atoms with Gasteiger partial charge in [-0.1, -0.05) is 6.07 Å². The van der Waals surface area contributed by atoms with E-state index in [4.69, 9.17) is 9.15 Å². The molecule has 36 heavy (non-hydrogen) atoms. The van der Waals surface area contributed by atoms with E-state index in [2.05, 4.69) is 4.98 Å². The van der Waals surface area contributed by atoms with Crippen LogP contribution in [-0.2, 0) is 17.8 Å². The first kappa shape index (κ1) is 25.5. The highest BCUT2D eigenvalue weighted by Gasteiger charge is 2.34. The smallest absolute Gasteiger partial charge is 0.289 e. The third-order valence-corrected chi connectivity index (χ3v) is 6.70. The molecular weight excluding hydrogens is 468 g/mol. The summed E-state index contributed by atoms with van der Waals surface area (Å²) in [5, 5.41) is 0. The lowest BCUT2D eigenvalue weighted by Gasteiger charge is -2.40. The second-order valence-corrected chi connectivity index (χ2v) is 8.99. The highest BCUT2D eigenvalue weighted by Crippen LogP contribution is 2.29. The first-order chi connectivity index (χ1) is 17.4. The standard InChI is InChI=1S/C27H29F2N3O4/c1-31(26(33)20-4-3-11-30-16-20)24(14-19-5-6-21(28)15-23(19)29)18-9-12-32(13-10-18)27(34)25-8-7-22(36-25)17-35-2/h3-8,11,15-16,18,24H,9-10,12-14,17H2,1-2H3/t24-/m1/s1. The average molecular weight is 498 g/mol. The summed E-state index contributed by atoms with van der Waals surface area (Å²) in [5.74, 6) is -0.871. The minimum absolute atomic E-state index is 0.00442. The number of amides is 2. The van der Waals surface area contributed by atoms with Gasteiger partial charge >= 0.3 is 0 Å². The van der Waals surface area contributed by atoms with Crippen LogP contribution in [0.1, 0.15) is 45.1 Å². The molecule has 3 aromatic rings. The van der Waals surface area contributed by atoms with Crippen LogP contribution in [0.25, 0.3) is 0 Å². The summed E-state index contributed by atoms with van der Waals surface area (Å²) in [6.07, 6.45) is 4.56. The van der Waals surface area contributed by atoms with Crippen molar-refractivity contribution in [1.29, 1.82) is 0 Å². The van der Waals surface area contributed by atoms with Gasteiger partial charge in [0, 0.05) is 51.7 Å². The lowest BCUT2D eigenvalue weighted by atomic mass is 9.84. The number of nitrogens with zero attached hydrogens (tertiary/aromatic N) is 3. The van der Waals surface area contributed by atoms with Crippen LogP contribution in [0.4, 0.5) is 8.78 Å². The number of carbonyl (C=O) groups is 2. The molecule has 1 aliphatic heterocycles. The molecule has 3 heterocycles. The van der Waals surface area contributed by atoms with Crippen LogP contribution in [0.3, 0.4) is 0 Å². The Hall–Kier alpha value is -3.59. The minimum atomic E-state index is -0.647. The lowest BCUT2D eigenvalue weighted by Crippen LogP contribution is -2.48. The number of ether oxygens (including phenoxy) is 1. The zero-order valence-electron chi connectivity index (χ0n) is 20.3. The third kappa shape index (κ3) is 5.79. The van der Waals surface area contributed by atoms with Gasteiger partial charge in [0.05, 0.1) is 5.56 Å². The van der Waals surface area contributed by atoms with Gasteiger partial charge in [-0.3, -0.25) is 14.6 Å². The molecule has 0 radical (unpaired) electrons. The summed E-state index contributed by atoms with van der Waals surface area (Å²) in [5.41, 5.74) is 0.772. The molecule has 1 atom stereocenters. The fraction of sp³-hybridized carbons (Fsp3) is 0.370. The van der Waals surface area contributed by atoms with Gasteiger partial charge in [0.15, 0.2) is 5.76 Å². The fourth-order valence-corrected chi connectivity index (χ4v) is 4.73. The molecule has 0 unspecified atom stereocenters. The molecule has 1 aliphatic rings. The predicted octanol–water partition coefficient (Wildman–Crippen LogP) is 4.33. The van der Waals surface area contributed by atoms with E-state index in [1.807, 2.05) is 0 Å². The summed E-state index contributed by atoms with van der Waals surface area (Å²) in [7, 11) is 3.25. The molecule has 0 aliphatic carbocycles. The van der Waals surface area contributed by atoms with Gasteiger partial charge in [-0.05, 0) is 61.1 Å². The van der Waals surface area contributed by atoms with E-state index in [1.54, 1.807) is 54.4 Å². The van der Waals surface area contributed by atoms with Crippen molar-refractivity contribution >= 4 is 11.8 Å². The number of hydrogen-bond donors (Lipinski definition) is 0. The quantitative estimate of drug-likeness (QED) is 0.463. The number of likely N-dealkylation sites (tertiary alicyclic amines) is 1. The van der Waals surface area contributed by atoms with Crippen LogP contribution in [-0.4, -0.2) is 59.9 Å². The molecule has 4 rings (SSSR count). The second-order valence-electron chi connectivity index (χ2n) is 8.99. The number of aromatic nitrogens is 1. The SMILES string of the molecule is COCc1ccc(C(=O)N2CCC([C@@H](Cc3ccc(F)cc3F)N(C)C(=O)c3cccnc3)CC2)o1. The highest BCUT2D eigenvalue weighted by molar-refractivity contribution is 5.94. The Bertz CT molecular complexity index is 1190. The van der Waals surface area contributed by atoms with Crippen molar-refractivity contribution in [3.63, 3.8) is 0 Å². The molecule has 9 heteroatoms. The minimum Gasteiger partial charge on any atom is -0.453 e. The Balaban J connectivity index is 1.50. The van der Waals surface area contributed by atoms with E-state index in [-0.39, 0.29) is 42.6 Å². The van der Waals surface area contributed by atoms with Crippen molar-refractivity contribution in [2.75, 3.05) is 27.2 Å². The normalized spacial score (nSPS) is 15.1. The van der Waals surface area contributed by atoms with E-state index in [0.29, 0.717) is 42.8 Å². The van der Waals surface area contributed by atoms with E-state index >= 15 is 0 Å². The van der Waals surface area contributed by atoms with Crippen LogP contribution in [0.5, 0.6) is 0 Å². The molecule has 0 bridgehead atoms. The van der Waals surface area contributed by atoms with Gasteiger partial charge in [-0.15, -0.1) is 0 Å². The summed E-state index contributed by atoms with van der Waals surface area (Å²) >= 11 is 0. The lowest BCUT2D eigenvalue weighted by molar-refractivity contribution is 0.0503. The summed E-state index contributed by atoms with van der Waals surface area (Å²) in [6.45, 7) is 1.23.